The molecule has 2 rings (SSSR count). The number of pyridine rings is 1. The Morgan fingerprint density at radius 3 is 2.58 bits per heavy atom. The molecule has 2 heterocycles. The minimum atomic E-state index is -3.29. The van der Waals surface area contributed by atoms with E-state index < -0.39 is 10.1 Å². The number of rotatable bonds is 11. The monoisotopic (exact) mass is 352 g/mol. The SMILES string of the molecule is CS(=O)(=O)OCCCCCCCCn1cc(-c2cccnc2)nn1. The predicted molar refractivity (Wildman–Crippen MR) is 91.8 cm³/mol. The lowest BCUT2D eigenvalue weighted by atomic mass is 10.1. The highest BCUT2D eigenvalue weighted by atomic mass is 32.2. The first-order valence-electron chi connectivity index (χ1n) is 8.19. The predicted octanol–water partition coefficient (Wildman–Crippen LogP) is 2.66. The van der Waals surface area contributed by atoms with Crippen molar-refractivity contribution in [3.8, 4) is 11.3 Å². The number of aryl methyl sites for hydroxylation is 1. The molecule has 0 saturated heterocycles. The van der Waals surface area contributed by atoms with E-state index in [1.165, 1.54) is 0 Å². The number of aromatic nitrogens is 4. The molecule has 0 amide bonds. The Balaban J connectivity index is 1.55. The Hall–Kier alpha value is -1.80. The molecule has 0 aliphatic heterocycles. The van der Waals surface area contributed by atoms with Gasteiger partial charge in [0.05, 0.1) is 19.1 Å². The summed E-state index contributed by atoms with van der Waals surface area (Å²) >= 11 is 0. The molecule has 132 valence electrons. The molecule has 0 spiro atoms. The summed E-state index contributed by atoms with van der Waals surface area (Å²) in [7, 11) is -3.29. The van der Waals surface area contributed by atoms with Gasteiger partial charge in [-0.2, -0.15) is 8.42 Å². The smallest absolute Gasteiger partial charge is 0.264 e. The second kappa shape index (κ2) is 9.48. The number of hydrogen-bond acceptors (Lipinski definition) is 6. The third kappa shape index (κ3) is 7.18. The molecule has 0 aliphatic carbocycles. The zero-order valence-corrected chi connectivity index (χ0v) is 14.8. The first kappa shape index (κ1) is 18.5. The lowest BCUT2D eigenvalue weighted by Gasteiger charge is -2.03. The van der Waals surface area contributed by atoms with Gasteiger partial charge in [0.2, 0.25) is 0 Å². The minimum Gasteiger partial charge on any atom is -0.270 e. The topological polar surface area (TPSA) is 87.0 Å². The van der Waals surface area contributed by atoms with Crippen molar-refractivity contribution in [2.75, 3.05) is 12.9 Å². The van der Waals surface area contributed by atoms with Crippen LogP contribution in [-0.2, 0) is 20.8 Å². The Kier molecular flexibility index (Phi) is 7.33. The third-order valence-electron chi connectivity index (χ3n) is 3.57. The van der Waals surface area contributed by atoms with E-state index >= 15 is 0 Å². The normalized spacial score (nSPS) is 11.7. The van der Waals surface area contributed by atoms with Crippen molar-refractivity contribution in [1.82, 2.24) is 20.0 Å². The average Bonchev–Trinajstić information content (AvgIpc) is 3.02. The molecule has 0 aromatic carbocycles. The van der Waals surface area contributed by atoms with E-state index in [0.717, 1.165) is 62.6 Å². The van der Waals surface area contributed by atoms with Gasteiger partial charge in [0.1, 0.15) is 5.69 Å². The highest BCUT2D eigenvalue weighted by Crippen LogP contribution is 2.14. The molecular formula is C16H24N4O3S. The minimum absolute atomic E-state index is 0.287. The molecular weight excluding hydrogens is 328 g/mol. The highest BCUT2D eigenvalue weighted by molar-refractivity contribution is 7.85. The summed E-state index contributed by atoms with van der Waals surface area (Å²) in [6, 6.07) is 3.85. The molecule has 0 radical (unpaired) electrons. The van der Waals surface area contributed by atoms with Crippen LogP contribution in [-0.4, -0.2) is 41.3 Å². The van der Waals surface area contributed by atoms with Crippen LogP contribution in [0.4, 0.5) is 0 Å². The second-order valence-corrected chi connectivity index (χ2v) is 7.40. The number of nitrogens with zero attached hydrogens (tertiary/aromatic N) is 4. The van der Waals surface area contributed by atoms with Crippen molar-refractivity contribution in [2.45, 2.75) is 45.1 Å². The van der Waals surface area contributed by atoms with Crippen LogP contribution in [0.2, 0.25) is 0 Å². The molecule has 0 atom stereocenters. The van der Waals surface area contributed by atoms with E-state index in [2.05, 4.69) is 15.3 Å². The van der Waals surface area contributed by atoms with Gasteiger partial charge in [-0.3, -0.25) is 13.8 Å². The van der Waals surface area contributed by atoms with Gasteiger partial charge in [0.15, 0.2) is 0 Å². The zero-order chi connectivity index (χ0) is 17.3. The molecule has 0 fully saturated rings. The summed E-state index contributed by atoms with van der Waals surface area (Å²) in [6.07, 6.45) is 12.7. The van der Waals surface area contributed by atoms with E-state index in [-0.39, 0.29) is 6.61 Å². The summed E-state index contributed by atoms with van der Waals surface area (Å²) in [5.74, 6) is 0. The van der Waals surface area contributed by atoms with Crippen molar-refractivity contribution >= 4 is 10.1 Å². The van der Waals surface area contributed by atoms with Crippen LogP contribution < -0.4 is 0 Å². The maximum Gasteiger partial charge on any atom is 0.264 e. The summed E-state index contributed by atoms with van der Waals surface area (Å²) in [5, 5.41) is 8.30. The van der Waals surface area contributed by atoms with E-state index in [9.17, 15) is 8.42 Å². The van der Waals surface area contributed by atoms with Crippen LogP contribution >= 0.6 is 0 Å². The van der Waals surface area contributed by atoms with E-state index in [1.54, 1.807) is 12.4 Å². The lowest BCUT2D eigenvalue weighted by Crippen LogP contribution is -2.03. The second-order valence-electron chi connectivity index (χ2n) is 5.76. The first-order valence-corrected chi connectivity index (χ1v) is 10.0. The Morgan fingerprint density at radius 1 is 1.12 bits per heavy atom. The summed E-state index contributed by atoms with van der Waals surface area (Å²) in [6.45, 7) is 1.14. The maximum absolute atomic E-state index is 10.8. The lowest BCUT2D eigenvalue weighted by molar-refractivity contribution is 0.309. The van der Waals surface area contributed by atoms with Crippen LogP contribution in [0.5, 0.6) is 0 Å². The van der Waals surface area contributed by atoms with Gasteiger partial charge in [-0.05, 0) is 25.0 Å². The molecule has 0 saturated carbocycles. The summed E-state index contributed by atoms with van der Waals surface area (Å²) in [5.41, 5.74) is 1.81. The Bertz CT molecular complexity index is 701. The van der Waals surface area contributed by atoms with Crippen molar-refractivity contribution < 1.29 is 12.6 Å². The molecule has 7 nitrogen and oxygen atoms in total. The summed E-state index contributed by atoms with van der Waals surface area (Å²) in [4.78, 5) is 4.08. The molecule has 2 aromatic rings. The molecule has 24 heavy (non-hydrogen) atoms. The van der Waals surface area contributed by atoms with Crippen molar-refractivity contribution in [2.24, 2.45) is 0 Å². The van der Waals surface area contributed by atoms with Gasteiger partial charge < -0.3 is 0 Å². The number of hydrogen-bond donors (Lipinski definition) is 0. The van der Waals surface area contributed by atoms with Crippen LogP contribution in [0.15, 0.2) is 30.7 Å². The first-order chi connectivity index (χ1) is 11.5. The Morgan fingerprint density at radius 2 is 1.88 bits per heavy atom. The van der Waals surface area contributed by atoms with Gasteiger partial charge in [-0.25, -0.2) is 0 Å². The van der Waals surface area contributed by atoms with Crippen molar-refractivity contribution in [3.05, 3.63) is 30.7 Å². The molecule has 0 bridgehead atoms. The number of unbranched alkanes of at least 4 members (excludes halogenated alkanes) is 5. The zero-order valence-electron chi connectivity index (χ0n) is 14.0. The van der Waals surface area contributed by atoms with Crippen LogP contribution in [0.25, 0.3) is 11.3 Å². The van der Waals surface area contributed by atoms with Crippen molar-refractivity contribution in [3.63, 3.8) is 0 Å². The van der Waals surface area contributed by atoms with E-state index in [1.807, 2.05) is 23.0 Å². The fourth-order valence-electron chi connectivity index (χ4n) is 2.35. The highest BCUT2D eigenvalue weighted by Gasteiger charge is 2.03. The van der Waals surface area contributed by atoms with Crippen LogP contribution in [0, 0.1) is 0 Å². The van der Waals surface area contributed by atoms with Gasteiger partial charge in [-0.1, -0.05) is 30.9 Å². The summed E-state index contributed by atoms with van der Waals surface area (Å²) < 4.78 is 28.2. The largest absolute Gasteiger partial charge is 0.270 e. The van der Waals surface area contributed by atoms with Crippen LogP contribution in [0.3, 0.4) is 0 Å². The molecule has 0 aliphatic rings. The quantitative estimate of drug-likeness (QED) is 0.456. The van der Waals surface area contributed by atoms with E-state index in [4.69, 9.17) is 4.18 Å². The van der Waals surface area contributed by atoms with Gasteiger partial charge >= 0.3 is 0 Å². The van der Waals surface area contributed by atoms with Gasteiger partial charge in [0, 0.05) is 24.5 Å². The molecule has 2 aromatic heterocycles. The Labute approximate surface area is 143 Å². The average molecular weight is 352 g/mol. The molecule has 0 unspecified atom stereocenters. The standard InChI is InChI=1S/C16H24N4O3S/c1-24(21,22)23-12-7-5-3-2-4-6-11-20-14-16(18-19-20)15-9-8-10-17-13-15/h8-10,13-14H,2-7,11-12H2,1H3. The third-order valence-corrected chi connectivity index (χ3v) is 4.17. The fraction of sp³-hybridized carbons (Fsp3) is 0.562. The van der Waals surface area contributed by atoms with Crippen molar-refractivity contribution in [1.29, 1.82) is 0 Å². The van der Waals surface area contributed by atoms with Gasteiger partial charge in [0.25, 0.3) is 10.1 Å². The fourth-order valence-corrected chi connectivity index (χ4v) is 2.77. The van der Waals surface area contributed by atoms with Crippen LogP contribution in [0.1, 0.15) is 38.5 Å². The van der Waals surface area contributed by atoms with Gasteiger partial charge in [-0.15, -0.1) is 5.10 Å². The maximum atomic E-state index is 10.8. The van der Waals surface area contributed by atoms with E-state index in [0.29, 0.717) is 0 Å². The molecule has 8 heteroatoms. The molecule has 0 N–H and O–H groups in total.